The zero-order chi connectivity index (χ0) is 14.1. The Hall–Kier alpha value is -1.35. The van der Waals surface area contributed by atoms with Gasteiger partial charge in [0.1, 0.15) is 0 Å². The van der Waals surface area contributed by atoms with Gasteiger partial charge in [-0.2, -0.15) is 0 Å². The molecule has 0 bridgehead atoms. The van der Waals surface area contributed by atoms with Crippen molar-refractivity contribution in [2.45, 2.75) is 26.7 Å². The molecule has 1 saturated heterocycles. The smallest absolute Gasteiger partial charge is 0.176 e. The fourth-order valence-corrected chi connectivity index (χ4v) is 3.69. The second-order valence-electron chi connectivity index (χ2n) is 6.61. The minimum atomic E-state index is 0.265. The number of piperidine rings is 1. The van der Waals surface area contributed by atoms with Crippen LogP contribution in [0.25, 0.3) is 0 Å². The Balaban J connectivity index is 1.67. The van der Waals surface area contributed by atoms with Gasteiger partial charge in [-0.1, -0.05) is 13.8 Å². The van der Waals surface area contributed by atoms with Crippen LogP contribution in [0.4, 0.5) is 5.69 Å². The van der Waals surface area contributed by atoms with Crippen LogP contribution >= 0.6 is 0 Å². The van der Waals surface area contributed by atoms with Crippen molar-refractivity contribution in [3.63, 3.8) is 0 Å². The molecule has 2 heterocycles. The molecule has 2 unspecified atom stereocenters. The fraction of sp³-hybridized carbons (Fsp3) is 0.588. The van der Waals surface area contributed by atoms with Crippen LogP contribution in [-0.4, -0.2) is 36.9 Å². The van der Waals surface area contributed by atoms with Crippen molar-refractivity contribution in [3.8, 4) is 0 Å². The Kier molecular flexibility index (Phi) is 3.79. The minimum Gasteiger partial charge on any atom is -0.384 e. The van der Waals surface area contributed by atoms with Crippen LogP contribution in [0.1, 0.15) is 36.2 Å². The van der Waals surface area contributed by atoms with Gasteiger partial charge in [-0.05, 0) is 48.4 Å². The molecule has 3 nitrogen and oxygen atoms in total. The summed E-state index contributed by atoms with van der Waals surface area (Å²) in [5.74, 6) is 1.67. The van der Waals surface area contributed by atoms with E-state index in [4.69, 9.17) is 0 Å². The van der Waals surface area contributed by atoms with Crippen LogP contribution in [0.3, 0.4) is 0 Å². The lowest BCUT2D eigenvalue weighted by Gasteiger charge is -2.34. The predicted octanol–water partition coefficient (Wildman–Crippen LogP) is 2.82. The van der Waals surface area contributed by atoms with Gasteiger partial charge in [0.05, 0.1) is 6.54 Å². The molecular formula is C17H24N2O. The van der Waals surface area contributed by atoms with Crippen molar-refractivity contribution in [3.05, 3.63) is 29.3 Å². The number of hydrogen-bond acceptors (Lipinski definition) is 3. The van der Waals surface area contributed by atoms with Gasteiger partial charge >= 0.3 is 0 Å². The van der Waals surface area contributed by atoms with E-state index in [9.17, 15) is 4.79 Å². The zero-order valence-electron chi connectivity index (χ0n) is 12.5. The highest BCUT2D eigenvalue weighted by atomic mass is 16.1. The van der Waals surface area contributed by atoms with Crippen molar-refractivity contribution in [1.82, 2.24) is 4.90 Å². The lowest BCUT2D eigenvalue weighted by molar-refractivity contribution is 0.0849. The quantitative estimate of drug-likeness (QED) is 0.859. The van der Waals surface area contributed by atoms with Crippen LogP contribution < -0.4 is 5.32 Å². The summed E-state index contributed by atoms with van der Waals surface area (Å²) in [5.41, 5.74) is 3.36. The van der Waals surface area contributed by atoms with Gasteiger partial charge in [0.15, 0.2) is 5.78 Å². The van der Waals surface area contributed by atoms with Crippen molar-refractivity contribution >= 4 is 11.5 Å². The number of nitrogens with zero attached hydrogens (tertiary/aromatic N) is 1. The molecule has 1 fully saturated rings. The maximum atomic E-state index is 12.5. The first-order valence-corrected chi connectivity index (χ1v) is 7.74. The van der Waals surface area contributed by atoms with Gasteiger partial charge in [0.2, 0.25) is 0 Å². The van der Waals surface area contributed by atoms with Crippen molar-refractivity contribution in [2.75, 3.05) is 31.5 Å². The minimum absolute atomic E-state index is 0.265. The summed E-state index contributed by atoms with van der Waals surface area (Å²) in [6, 6.07) is 6.10. The maximum Gasteiger partial charge on any atom is 0.176 e. The Morgan fingerprint density at radius 1 is 1.30 bits per heavy atom. The number of nitrogens with one attached hydrogen (secondary N) is 1. The van der Waals surface area contributed by atoms with Crippen LogP contribution in [-0.2, 0) is 6.42 Å². The standard InChI is InChI=1S/C17H24N2O/c1-12-7-13(2)10-19(9-12)11-17(20)15-3-4-16-14(8-15)5-6-18-16/h3-4,8,12-13,18H,5-7,9-11H2,1-2H3. The molecule has 108 valence electrons. The zero-order valence-corrected chi connectivity index (χ0v) is 12.5. The highest BCUT2D eigenvalue weighted by Crippen LogP contribution is 2.24. The molecule has 2 atom stereocenters. The first-order chi connectivity index (χ1) is 9.61. The normalized spacial score (nSPS) is 26.1. The van der Waals surface area contributed by atoms with Gasteiger partial charge < -0.3 is 5.32 Å². The third-order valence-corrected chi connectivity index (χ3v) is 4.45. The summed E-state index contributed by atoms with van der Waals surface area (Å²) in [7, 11) is 0. The molecule has 0 spiro atoms. The molecular weight excluding hydrogens is 248 g/mol. The van der Waals surface area contributed by atoms with E-state index >= 15 is 0 Å². The van der Waals surface area contributed by atoms with Gasteiger partial charge in [-0.3, -0.25) is 9.69 Å². The van der Waals surface area contributed by atoms with Gasteiger partial charge in [-0.15, -0.1) is 0 Å². The Labute approximate surface area is 121 Å². The van der Waals surface area contributed by atoms with E-state index in [1.165, 1.54) is 17.7 Å². The van der Waals surface area contributed by atoms with Crippen LogP contribution in [0.2, 0.25) is 0 Å². The number of benzene rings is 1. The molecule has 3 heteroatoms. The summed E-state index contributed by atoms with van der Waals surface area (Å²) in [4.78, 5) is 14.8. The Morgan fingerprint density at radius 2 is 2.05 bits per heavy atom. The highest BCUT2D eigenvalue weighted by molar-refractivity contribution is 5.98. The van der Waals surface area contributed by atoms with Gasteiger partial charge in [0.25, 0.3) is 0 Å². The predicted molar refractivity (Wildman–Crippen MR) is 82.4 cm³/mol. The molecule has 3 rings (SSSR count). The number of carbonyl (C=O) groups excluding carboxylic acids is 1. The number of likely N-dealkylation sites (tertiary alicyclic amines) is 1. The summed E-state index contributed by atoms with van der Waals surface area (Å²) in [6.45, 7) is 8.25. The molecule has 1 aromatic rings. The number of anilines is 1. The van der Waals surface area contributed by atoms with E-state index in [0.717, 1.165) is 31.6 Å². The van der Waals surface area contributed by atoms with Crippen molar-refractivity contribution < 1.29 is 4.79 Å². The number of fused-ring (bicyclic) bond motifs is 1. The number of ketones is 1. The average Bonchev–Trinajstić information content (AvgIpc) is 2.84. The molecule has 1 N–H and O–H groups in total. The van der Waals surface area contributed by atoms with E-state index < -0.39 is 0 Å². The van der Waals surface area contributed by atoms with Crippen LogP contribution in [0, 0.1) is 11.8 Å². The first-order valence-electron chi connectivity index (χ1n) is 7.74. The van der Waals surface area contributed by atoms with E-state index in [1.54, 1.807) is 0 Å². The number of Topliss-reactive ketones (excluding diaryl/α,β-unsaturated/α-hetero) is 1. The lowest BCUT2D eigenvalue weighted by Crippen LogP contribution is -2.41. The third-order valence-electron chi connectivity index (χ3n) is 4.45. The third kappa shape index (κ3) is 2.88. The SMILES string of the molecule is CC1CC(C)CN(CC(=O)c2ccc3c(c2)CCN3)C1. The number of rotatable bonds is 3. The fourth-order valence-electron chi connectivity index (χ4n) is 3.69. The Bertz CT molecular complexity index is 502. The molecule has 2 aliphatic rings. The van der Waals surface area contributed by atoms with E-state index in [0.29, 0.717) is 18.4 Å². The van der Waals surface area contributed by atoms with Crippen molar-refractivity contribution in [2.24, 2.45) is 11.8 Å². The van der Waals surface area contributed by atoms with Crippen LogP contribution in [0.5, 0.6) is 0 Å². The second-order valence-corrected chi connectivity index (χ2v) is 6.61. The van der Waals surface area contributed by atoms with Crippen LogP contribution in [0.15, 0.2) is 18.2 Å². The molecule has 2 aliphatic heterocycles. The molecule has 0 amide bonds. The highest BCUT2D eigenvalue weighted by Gasteiger charge is 2.24. The number of hydrogen-bond donors (Lipinski definition) is 1. The monoisotopic (exact) mass is 272 g/mol. The van der Waals surface area contributed by atoms with Gasteiger partial charge in [0, 0.05) is 30.9 Å². The molecule has 1 aromatic carbocycles. The molecule has 0 saturated carbocycles. The molecule has 0 aliphatic carbocycles. The summed E-state index contributed by atoms with van der Waals surface area (Å²) < 4.78 is 0. The van der Waals surface area contributed by atoms with E-state index in [-0.39, 0.29) is 5.78 Å². The number of carbonyl (C=O) groups is 1. The average molecular weight is 272 g/mol. The Morgan fingerprint density at radius 3 is 2.80 bits per heavy atom. The lowest BCUT2D eigenvalue weighted by atomic mass is 9.91. The molecule has 0 aromatic heterocycles. The maximum absolute atomic E-state index is 12.5. The molecule has 0 radical (unpaired) electrons. The summed E-state index contributed by atoms with van der Waals surface area (Å²) in [6.07, 6.45) is 2.32. The second kappa shape index (κ2) is 5.57. The first kappa shape index (κ1) is 13.6. The largest absolute Gasteiger partial charge is 0.384 e. The van der Waals surface area contributed by atoms with E-state index in [1.807, 2.05) is 6.07 Å². The van der Waals surface area contributed by atoms with E-state index in [2.05, 4.69) is 36.2 Å². The summed E-state index contributed by atoms with van der Waals surface area (Å²) >= 11 is 0. The van der Waals surface area contributed by atoms with Crippen molar-refractivity contribution in [1.29, 1.82) is 0 Å². The molecule has 20 heavy (non-hydrogen) atoms. The van der Waals surface area contributed by atoms with Gasteiger partial charge in [-0.25, -0.2) is 0 Å². The topological polar surface area (TPSA) is 32.3 Å². The summed E-state index contributed by atoms with van der Waals surface area (Å²) in [5, 5.41) is 3.34.